The van der Waals surface area contributed by atoms with Crippen molar-refractivity contribution in [2.24, 2.45) is 0 Å². The number of benzene rings is 1. The Morgan fingerprint density at radius 1 is 1.23 bits per heavy atom. The standard InChI is InChI=1S/C16H15N3O3/c1-11-7-8-19(15(20)9-11)10-14-17-16(22-18-14)12-3-5-13(21-2)6-4-12/h3-9H,10H2,1-2H3. The maximum Gasteiger partial charge on any atom is 0.257 e. The zero-order valence-electron chi connectivity index (χ0n) is 12.3. The maximum atomic E-state index is 11.9. The second-order valence-electron chi connectivity index (χ2n) is 4.91. The predicted molar refractivity (Wildman–Crippen MR) is 80.8 cm³/mol. The highest BCUT2D eigenvalue weighted by Crippen LogP contribution is 2.20. The first kappa shape index (κ1) is 14.1. The van der Waals surface area contributed by atoms with Crippen LogP contribution in [-0.4, -0.2) is 21.8 Å². The summed E-state index contributed by atoms with van der Waals surface area (Å²) in [6.45, 7) is 2.15. The third kappa shape index (κ3) is 2.90. The lowest BCUT2D eigenvalue weighted by molar-refractivity contribution is 0.413. The Morgan fingerprint density at radius 3 is 2.68 bits per heavy atom. The number of methoxy groups -OCH3 is 1. The van der Waals surface area contributed by atoms with E-state index >= 15 is 0 Å². The topological polar surface area (TPSA) is 70.2 Å². The molecule has 3 rings (SSSR count). The van der Waals surface area contributed by atoms with Gasteiger partial charge in [0.05, 0.1) is 13.7 Å². The SMILES string of the molecule is COc1ccc(-c2nc(Cn3ccc(C)cc3=O)no2)cc1. The van der Waals surface area contributed by atoms with E-state index in [0.717, 1.165) is 16.9 Å². The first-order valence-electron chi connectivity index (χ1n) is 6.80. The summed E-state index contributed by atoms with van der Waals surface area (Å²) in [6.07, 6.45) is 1.72. The highest BCUT2D eigenvalue weighted by atomic mass is 16.5. The summed E-state index contributed by atoms with van der Waals surface area (Å²) >= 11 is 0. The highest BCUT2D eigenvalue weighted by Gasteiger charge is 2.10. The van der Waals surface area contributed by atoms with Crippen LogP contribution in [0.3, 0.4) is 0 Å². The minimum absolute atomic E-state index is 0.0872. The van der Waals surface area contributed by atoms with Gasteiger partial charge in [0.15, 0.2) is 5.82 Å². The van der Waals surface area contributed by atoms with Crippen LogP contribution < -0.4 is 10.3 Å². The average molecular weight is 297 g/mol. The molecule has 6 heteroatoms. The van der Waals surface area contributed by atoms with Crippen molar-refractivity contribution in [3.63, 3.8) is 0 Å². The van der Waals surface area contributed by atoms with Crippen LogP contribution in [0.5, 0.6) is 5.75 Å². The molecule has 0 saturated carbocycles. The second kappa shape index (κ2) is 5.85. The van der Waals surface area contributed by atoms with E-state index in [1.54, 1.807) is 19.4 Å². The fourth-order valence-electron chi connectivity index (χ4n) is 2.06. The van der Waals surface area contributed by atoms with Crippen molar-refractivity contribution < 1.29 is 9.26 Å². The minimum atomic E-state index is -0.0872. The summed E-state index contributed by atoms with van der Waals surface area (Å²) in [5.41, 5.74) is 1.64. The molecule has 112 valence electrons. The molecule has 0 aliphatic carbocycles. The van der Waals surface area contributed by atoms with Crippen molar-refractivity contribution in [2.75, 3.05) is 7.11 Å². The molecule has 0 spiro atoms. The molecule has 0 radical (unpaired) electrons. The van der Waals surface area contributed by atoms with Crippen molar-refractivity contribution in [1.82, 2.24) is 14.7 Å². The Kier molecular flexibility index (Phi) is 3.74. The lowest BCUT2D eigenvalue weighted by Crippen LogP contribution is -2.19. The molecule has 0 aliphatic rings. The van der Waals surface area contributed by atoms with Gasteiger partial charge in [0, 0.05) is 17.8 Å². The summed E-state index contributed by atoms with van der Waals surface area (Å²) in [6, 6.07) is 10.8. The van der Waals surface area contributed by atoms with Crippen LogP contribution in [0, 0.1) is 6.92 Å². The summed E-state index contributed by atoms with van der Waals surface area (Å²) in [4.78, 5) is 16.2. The van der Waals surface area contributed by atoms with Crippen LogP contribution in [0.4, 0.5) is 0 Å². The van der Waals surface area contributed by atoms with Gasteiger partial charge in [0.1, 0.15) is 5.75 Å². The molecule has 0 unspecified atom stereocenters. The third-order valence-corrected chi connectivity index (χ3v) is 3.27. The summed E-state index contributed by atoms with van der Waals surface area (Å²) < 4.78 is 11.9. The minimum Gasteiger partial charge on any atom is -0.497 e. The molecule has 0 fully saturated rings. The van der Waals surface area contributed by atoms with Crippen LogP contribution in [0.15, 0.2) is 51.9 Å². The fourth-order valence-corrected chi connectivity index (χ4v) is 2.06. The van der Waals surface area contributed by atoms with Crippen molar-refractivity contribution in [1.29, 1.82) is 0 Å². The summed E-state index contributed by atoms with van der Waals surface area (Å²) in [5, 5.41) is 3.92. The van der Waals surface area contributed by atoms with E-state index in [9.17, 15) is 4.79 Å². The summed E-state index contributed by atoms with van der Waals surface area (Å²) in [5.74, 6) is 1.63. The van der Waals surface area contributed by atoms with Crippen LogP contribution in [0.2, 0.25) is 0 Å². The number of pyridine rings is 1. The van der Waals surface area contributed by atoms with E-state index < -0.39 is 0 Å². The molecule has 2 heterocycles. The van der Waals surface area contributed by atoms with Crippen LogP contribution in [0.25, 0.3) is 11.5 Å². The molecule has 6 nitrogen and oxygen atoms in total. The number of aryl methyl sites for hydroxylation is 1. The van der Waals surface area contributed by atoms with Gasteiger partial charge < -0.3 is 13.8 Å². The first-order valence-corrected chi connectivity index (χ1v) is 6.80. The van der Waals surface area contributed by atoms with E-state index in [1.165, 1.54) is 4.57 Å². The van der Waals surface area contributed by atoms with E-state index in [1.807, 2.05) is 37.3 Å². The molecule has 22 heavy (non-hydrogen) atoms. The van der Waals surface area contributed by atoms with Gasteiger partial charge in [-0.05, 0) is 42.8 Å². The second-order valence-corrected chi connectivity index (χ2v) is 4.91. The molecule has 0 amide bonds. The molecule has 0 N–H and O–H groups in total. The van der Waals surface area contributed by atoms with Gasteiger partial charge in [-0.15, -0.1) is 0 Å². The van der Waals surface area contributed by atoms with Gasteiger partial charge in [-0.3, -0.25) is 4.79 Å². The Labute approximate surface area is 127 Å². The molecule has 0 bridgehead atoms. The van der Waals surface area contributed by atoms with Crippen LogP contribution in [0.1, 0.15) is 11.4 Å². The molecule has 3 aromatic rings. The van der Waals surface area contributed by atoms with Gasteiger partial charge in [-0.2, -0.15) is 4.98 Å². The van der Waals surface area contributed by atoms with Gasteiger partial charge in [0.2, 0.25) is 0 Å². The number of ether oxygens (including phenoxy) is 1. The normalized spacial score (nSPS) is 10.6. The monoisotopic (exact) mass is 297 g/mol. The van der Waals surface area contributed by atoms with E-state index in [-0.39, 0.29) is 12.1 Å². The molecular formula is C16H15N3O3. The lowest BCUT2D eigenvalue weighted by Gasteiger charge is -2.01. The molecule has 2 aromatic heterocycles. The third-order valence-electron chi connectivity index (χ3n) is 3.27. The number of rotatable bonds is 4. The zero-order valence-corrected chi connectivity index (χ0v) is 12.3. The maximum absolute atomic E-state index is 11.9. The zero-order chi connectivity index (χ0) is 15.5. The smallest absolute Gasteiger partial charge is 0.257 e. The van der Waals surface area contributed by atoms with Gasteiger partial charge >= 0.3 is 0 Å². The highest BCUT2D eigenvalue weighted by molar-refractivity contribution is 5.54. The van der Waals surface area contributed by atoms with Crippen molar-refractivity contribution in [2.45, 2.75) is 13.5 Å². The fraction of sp³-hybridized carbons (Fsp3) is 0.188. The van der Waals surface area contributed by atoms with Gasteiger partial charge in [0.25, 0.3) is 11.4 Å². The van der Waals surface area contributed by atoms with Gasteiger partial charge in [-0.1, -0.05) is 5.16 Å². The number of hydrogen-bond donors (Lipinski definition) is 0. The lowest BCUT2D eigenvalue weighted by atomic mass is 10.2. The first-order chi connectivity index (χ1) is 10.7. The van der Waals surface area contributed by atoms with Gasteiger partial charge in [-0.25, -0.2) is 0 Å². The number of aromatic nitrogens is 3. The van der Waals surface area contributed by atoms with Crippen molar-refractivity contribution >= 4 is 0 Å². The largest absolute Gasteiger partial charge is 0.497 e. The molecule has 0 atom stereocenters. The number of nitrogens with zero attached hydrogens (tertiary/aromatic N) is 3. The van der Waals surface area contributed by atoms with Crippen molar-refractivity contribution in [3.8, 4) is 17.2 Å². The Balaban J connectivity index is 1.82. The van der Waals surface area contributed by atoms with Crippen molar-refractivity contribution in [3.05, 3.63) is 64.3 Å². The van der Waals surface area contributed by atoms with E-state index in [0.29, 0.717) is 11.7 Å². The van der Waals surface area contributed by atoms with Crippen LogP contribution >= 0.6 is 0 Å². The Bertz CT molecular complexity index is 834. The predicted octanol–water partition coefficient (Wildman–Crippen LogP) is 2.26. The number of hydrogen-bond acceptors (Lipinski definition) is 5. The molecule has 0 aliphatic heterocycles. The van der Waals surface area contributed by atoms with Crippen LogP contribution in [-0.2, 0) is 6.54 Å². The quantitative estimate of drug-likeness (QED) is 0.738. The average Bonchev–Trinajstić information content (AvgIpc) is 2.99. The molecule has 0 saturated heterocycles. The van der Waals surface area contributed by atoms with E-state index in [2.05, 4.69) is 10.1 Å². The molecule has 1 aromatic carbocycles. The Hall–Kier alpha value is -2.89. The summed E-state index contributed by atoms with van der Waals surface area (Å²) in [7, 11) is 1.61. The van der Waals surface area contributed by atoms with E-state index in [4.69, 9.17) is 9.26 Å². The molecular weight excluding hydrogens is 282 g/mol. The Morgan fingerprint density at radius 2 is 2.00 bits per heavy atom.